The van der Waals surface area contributed by atoms with Crippen molar-refractivity contribution in [2.45, 2.75) is 11.3 Å². The van der Waals surface area contributed by atoms with E-state index in [1.54, 1.807) is 31.4 Å². The van der Waals surface area contributed by atoms with Gasteiger partial charge in [-0.3, -0.25) is 4.79 Å². The quantitative estimate of drug-likeness (QED) is 0.296. The lowest BCUT2D eigenvalue weighted by molar-refractivity contribution is -0.121. The van der Waals surface area contributed by atoms with Gasteiger partial charge in [-0.25, -0.2) is 13.8 Å². The summed E-state index contributed by atoms with van der Waals surface area (Å²) in [7, 11) is 0.408. The first-order chi connectivity index (χ1) is 17.4. The first-order valence-electron chi connectivity index (χ1n) is 11.1. The van der Waals surface area contributed by atoms with Crippen LogP contribution in [0.3, 0.4) is 0 Å². The number of amides is 1. The summed E-state index contributed by atoms with van der Waals surface area (Å²) >= 11 is 0. The highest BCUT2D eigenvalue weighted by Crippen LogP contribution is 2.30. The molecule has 0 bridgehead atoms. The largest absolute Gasteiger partial charge is 0.497 e. The van der Waals surface area contributed by atoms with Crippen LogP contribution in [0.25, 0.3) is 0 Å². The zero-order valence-electron chi connectivity index (χ0n) is 20.4. The Morgan fingerprint density at radius 2 is 1.67 bits per heavy atom. The lowest BCUT2D eigenvalue weighted by Gasteiger charge is -2.22. The third kappa shape index (κ3) is 7.06. The van der Waals surface area contributed by atoms with E-state index in [0.717, 1.165) is 9.87 Å². The molecule has 1 N–H and O–H groups in total. The maximum atomic E-state index is 13.5. The number of hydrogen-bond donors (Lipinski definition) is 1. The molecule has 3 aromatic carbocycles. The smallest absolute Gasteiger partial charge is 0.255 e. The average molecular weight is 512 g/mol. The summed E-state index contributed by atoms with van der Waals surface area (Å²) in [6, 6.07) is 20.9. The maximum Gasteiger partial charge on any atom is 0.255 e. The zero-order valence-corrected chi connectivity index (χ0v) is 21.2. The number of benzene rings is 3. The highest BCUT2D eigenvalue weighted by atomic mass is 32.2. The molecule has 0 spiro atoms. The molecule has 0 aliphatic carbocycles. The van der Waals surface area contributed by atoms with Crippen LogP contribution in [-0.2, 0) is 21.2 Å². The van der Waals surface area contributed by atoms with E-state index in [2.05, 4.69) is 10.5 Å². The molecule has 0 saturated carbocycles. The average Bonchev–Trinajstić information content (AvgIpc) is 2.91. The van der Waals surface area contributed by atoms with Crippen LogP contribution in [0, 0.1) is 0 Å². The van der Waals surface area contributed by atoms with Crippen molar-refractivity contribution in [2.24, 2.45) is 5.10 Å². The summed E-state index contributed by atoms with van der Waals surface area (Å²) < 4.78 is 43.8. The summed E-state index contributed by atoms with van der Waals surface area (Å²) in [5.74, 6) is 0.746. The number of methoxy groups -OCH3 is 3. The van der Waals surface area contributed by atoms with Crippen LogP contribution < -0.4 is 19.6 Å². The van der Waals surface area contributed by atoms with Gasteiger partial charge in [-0.1, -0.05) is 42.5 Å². The minimum Gasteiger partial charge on any atom is -0.497 e. The second-order valence-corrected chi connectivity index (χ2v) is 9.60. The van der Waals surface area contributed by atoms with Crippen molar-refractivity contribution >= 4 is 22.1 Å². The predicted molar refractivity (Wildman–Crippen MR) is 137 cm³/mol. The van der Waals surface area contributed by atoms with Gasteiger partial charge < -0.3 is 14.2 Å². The molecule has 0 aliphatic rings. The van der Waals surface area contributed by atoms with Crippen molar-refractivity contribution in [1.29, 1.82) is 0 Å². The molecule has 0 radical (unpaired) electrons. The standard InChI is InChI=1S/C26H29N3O6S/c1-33-22-11-7-10-21(16-22)18-27-28-26(30)19-29(15-14-20-8-5-4-6-9-20)36(31,32)23-12-13-24(34-2)25(17-23)35-3/h4-13,16-18H,14-15,19H2,1-3H3,(H,28,30)/b27-18-. The molecule has 0 aliphatic heterocycles. The Balaban J connectivity index is 1.79. The van der Waals surface area contributed by atoms with E-state index in [-0.39, 0.29) is 17.2 Å². The third-order valence-corrected chi connectivity index (χ3v) is 7.14. The minimum atomic E-state index is -4.04. The van der Waals surface area contributed by atoms with Crippen LogP contribution in [0.1, 0.15) is 11.1 Å². The van der Waals surface area contributed by atoms with Crippen molar-refractivity contribution in [3.8, 4) is 17.2 Å². The predicted octanol–water partition coefficient (Wildman–Crippen LogP) is 3.10. The molecule has 0 unspecified atom stereocenters. The molecule has 190 valence electrons. The molecule has 0 heterocycles. The van der Waals surface area contributed by atoms with E-state index in [1.165, 1.54) is 38.6 Å². The van der Waals surface area contributed by atoms with Crippen LogP contribution in [0.4, 0.5) is 0 Å². The fourth-order valence-corrected chi connectivity index (χ4v) is 4.82. The lowest BCUT2D eigenvalue weighted by Crippen LogP contribution is -2.40. The van der Waals surface area contributed by atoms with Crippen LogP contribution >= 0.6 is 0 Å². The molecule has 3 aromatic rings. The Morgan fingerprint density at radius 3 is 2.36 bits per heavy atom. The zero-order chi connectivity index (χ0) is 26.0. The summed E-state index contributed by atoms with van der Waals surface area (Å²) in [6.07, 6.45) is 1.88. The van der Waals surface area contributed by atoms with Crippen LogP contribution in [0.2, 0.25) is 0 Å². The summed E-state index contributed by atoms with van der Waals surface area (Å²) in [6.45, 7) is -0.327. The van der Waals surface area contributed by atoms with Crippen LogP contribution in [0.5, 0.6) is 17.2 Å². The second-order valence-electron chi connectivity index (χ2n) is 7.66. The van der Waals surface area contributed by atoms with Gasteiger partial charge in [0.2, 0.25) is 10.0 Å². The van der Waals surface area contributed by atoms with Crippen molar-refractivity contribution in [3.63, 3.8) is 0 Å². The number of sulfonamides is 1. The molecule has 0 aromatic heterocycles. The summed E-state index contributed by atoms with van der Waals surface area (Å²) in [5.41, 5.74) is 4.06. The number of nitrogens with zero attached hydrogens (tertiary/aromatic N) is 2. The third-order valence-electron chi connectivity index (χ3n) is 5.30. The molecule has 36 heavy (non-hydrogen) atoms. The van der Waals surface area contributed by atoms with E-state index >= 15 is 0 Å². The number of rotatable bonds is 12. The molecule has 0 saturated heterocycles. The van der Waals surface area contributed by atoms with E-state index in [4.69, 9.17) is 14.2 Å². The lowest BCUT2D eigenvalue weighted by atomic mass is 10.1. The minimum absolute atomic E-state index is 0.0131. The maximum absolute atomic E-state index is 13.5. The summed E-state index contributed by atoms with van der Waals surface area (Å²) in [5, 5.41) is 3.96. The number of ether oxygens (including phenoxy) is 3. The molecule has 9 nitrogen and oxygen atoms in total. The van der Waals surface area contributed by atoms with Gasteiger partial charge in [0, 0.05) is 12.6 Å². The van der Waals surface area contributed by atoms with E-state index in [1.807, 2.05) is 30.3 Å². The van der Waals surface area contributed by atoms with E-state index < -0.39 is 22.5 Å². The molecular formula is C26H29N3O6S. The van der Waals surface area contributed by atoms with Gasteiger partial charge in [0.05, 0.1) is 39.0 Å². The molecule has 3 rings (SSSR count). The van der Waals surface area contributed by atoms with Gasteiger partial charge >= 0.3 is 0 Å². The Kier molecular flexibility index (Phi) is 9.43. The van der Waals surface area contributed by atoms with Crippen LogP contribution in [-0.4, -0.2) is 59.3 Å². The van der Waals surface area contributed by atoms with Gasteiger partial charge in [0.25, 0.3) is 5.91 Å². The van der Waals surface area contributed by atoms with Crippen molar-refractivity contribution in [3.05, 3.63) is 83.9 Å². The van der Waals surface area contributed by atoms with Gasteiger partial charge in [-0.2, -0.15) is 9.41 Å². The fraction of sp³-hybridized carbons (Fsp3) is 0.231. The van der Waals surface area contributed by atoms with Gasteiger partial charge in [0.15, 0.2) is 11.5 Å². The Labute approximate surface area is 211 Å². The van der Waals surface area contributed by atoms with Gasteiger partial charge in [0.1, 0.15) is 5.75 Å². The van der Waals surface area contributed by atoms with Crippen LogP contribution in [0.15, 0.2) is 82.8 Å². The fourth-order valence-electron chi connectivity index (χ4n) is 3.40. The number of hydrazone groups is 1. The first kappa shape index (κ1) is 26.7. The van der Waals surface area contributed by atoms with E-state index in [9.17, 15) is 13.2 Å². The Hall–Kier alpha value is -3.89. The molecule has 0 atom stereocenters. The highest BCUT2D eigenvalue weighted by Gasteiger charge is 2.27. The van der Waals surface area contributed by atoms with Crippen molar-refractivity contribution in [2.75, 3.05) is 34.4 Å². The number of nitrogens with one attached hydrogen (secondary N) is 1. The first-order valence-corrected chi connectivity index (χ1v) is 12.5. The normalized spacial score (nSPS) is 11.4. The number of carbonyl (C=O) groups excluding carboxylic acids is 1. The van der Waals surface area contributed by atoms with E-state index in [0.29, 0.717) is 23.5 Å². The Bertz CT molecular complexity index is 1300. The topological polar surface area (TPSA) is 107 Å². The Morgan fingerprint density at radius 1 is 0.917 bits per heavy atom. The second kappa shape index (κ2) is 12.7. The molecule has 0 fully saturated rings. The van der Waals surface area contributed by atoms with Crippen molar-refractivity contribution in [1.82, 2.24) is 9.73 Å². The molecular weight excluding hydrogens is 482 g/mol. The summed E-state index contributed by atoms with van der Waals surface area (Å²) in [4.78, 5) is 12.7. The van der Waals surface area contributed by atoms with Crippen molar-refractivity contribution < 1.29 is 27.4 Å². The van der Waals surface area contributed by atoms with Gasteiger partial charge in [-0.15, -0.1) is 0 Å². The molecule has 10 heteroatoms. The monoisotopic (exact) mass is 511 g/mol. The number of hydrogen-bond acceptors (Lipinski definition) is 7. The SMILES string of the molecule is COc1cccc(/C=N\NC(=O)CN(CCc2ccccc2)S(=O)(=O)c2ccc(OC)c(OC)c2)c1. The number of carbonyl (C=O) groups is 1. The molecule has 1 amide bonds. The van der Waals surface area contributed by atoms with Gasteiger partial charge in [-0.05, 0) is 41.8 Å². The highest BCUT2D eigenvalue weighted by molar-refractivity contribution is 7.89.